The predicted molar refractivity (Wildman–Crippen MR) is 159 cm³/mol. The SMILES string of the molecule is COc1ccc(C2C(C#N)=C(N)N(c3ccc(Cl)cc3[N+](=O)[O-])C3=C2C(=O)CCC3)cc1COc1cccc(C)c1C. The average Bonchev–Trinajstić information content (AvgIpc) is 2.97. The van der Waals surface area contributed by atoms with Crippen molar-refractivity contribution in [3.05, 3.63) is 115 Å². The number of rotatable bonds is 7. The number of halogens is 1. The number of aryl methyl sites for hydroxylation is 1. The second-order valence-electron chi connectivity index (χ2n) is 10.3. The molecular formula is C32H29ClN4O5. The lowest BCUT2D eigenvalue weighted by atomic mass is 9.75. The third-order valence-electron chi connectivity index (χ3n) is 7.86. The van der Waals surface area contributed by atoms with Gasteiger partial charge in [-0.25, -0.2) is 0 Å². The van der Waals surface area contributed by atoms with E-state index in [1.165, 1.54) is 23.1 Å². The van der Waals surface area contributed by atoms with Gasteiger partial charge in [-0.2, -0.15) is 5.26 Å². The lowest BCUT2D eigenvalue weighted by Crippen LogP contribution is -2.39. The number of nitro benzene ring substituents is 1. The number of carbonyl (C=O) groups excluding carboxylic acids is 1. The molecule has 1 unspecified atom stereocenters. The molecule has 0 fully saturated rings. The number of hydrogen-bond acceptors (Lipinski definition) is 8. The molecule has 1 aliphatic carbocycles. The molecule has 0 aromatic heterocycles. The van der Waals surface area contributed by atoms with Crippen LogP contribution in [0.15, 0.2) is 77.3 Å². The van der Waals surface area contributed by atoms with Gasteiger partial charge in [-0.15, -0.1) is 0 Å². The second-order valence-corrected chi connectivity index (χ2v) is 10.7. The molecule has 0 bridgehead atoms. The van der Waals surface area contributed by atoms with Crippen LogP contribution in [0.3, 0.4) is 0 Å². The summed E-state index contributed by atoms with van der Waals surface area (Å²) in [5, 5.41) is 22.5. The van der Waals surface area contributed by atoms with Crippen molar-refractivity contribution in [1.29, 1.82) is 5.26 Å². The normalized spacial score (nSPS) is 16.7. The van der Waals surface area contributed by atoms with Gasteiger partial charge in [0.15, 0.2) is 5.78 Å². The van der Waals surface area contributed by atoms with Gasteiger partial charge in [0.2, 0.25) is 0 Å². The first-order valence-electron chi connectivity index (χ1n) is 13.4. The lowest BCUT2D eigenvalue weighted by molar-refractivity contribution is -0.384. The molecule has 1 heterocycles. The first-order chi connectivity index (χ1) is 20.2. The molecular weight excluding hydrogens is 556 g/mol. The molecule has 3 aromatic rings. The van der Waals surface area contributed by atoms with Crippen molar-refractivity contribution in [3.63, 3.8) is 0 Å². The fourth-order valence-electron chi connectivity index (χ4n) is 5.65. The Labute approximate surface area is 248 Å². The maximum atomic E-state index is 13.6. The monoisotopic (exact) mass is 584 g/mol. The number of benzene rings is 3. The summed E-state index contributed by atoms with van der Waals surface area (Å²) in [5.41, 5.74) is 11.1. The molecule has 0 radical (unpaired) electrons. The number of nitro groups is 1. The highest BCUT2D eigenvalue weighted by Gasteiger charge is 2.42. The van der Waals surface area contributed by atoms with E-state index in [2.05, 4.69) is 6.07 Å². The predicted octanol–water partition coefficient (Wildman–Crippen LogP) is 6.76. The van der Waals surface area contributed by atoms with Crippen LogP contribution in [0.4, 0.5) is 11.4 Å². The molecule has 1 aliphatic heterocycles. The van der Waals surface area contributed by atoms with Crippen LogP contribution in [-0.2, 0) is 11.4 Å². The summed E-state index contributed by atoms with van der Waals surface area (Å²) in [6.07, 6.45) is 1.30. The van der Waals surface area contributed by atoms with E-state index >= 15 is 0 Å². The standard InChI is InChI=1S/C32H29ClN4O5/c1-18-6-4-9-28(19(18)2)42-17-21-14-20(10-13-29(21)41-3)30-23(16-34)32(35)36(25-7-5-8-27(38)31(25)30)24-12-11-22(33)15-26(24)37(39)40/h4,6,9-15,30H,5,7-8,17,35H2,1-3H3. The van der Waals surface area contributed by atoms with Crippen LogP contribution in [0.2, 0.25) is 5.02 Å². The van der Waals surface area contributed by atoms with Crippen LogP contribution in [0.25, 0.3) is 0 Å². The first-order valence-corrected chi connectivity index (χ1v) is 13.8. The largest absolute Gasteiger partial charge is 0.496 e. The summed E-state index contributed by atoms with van der Waals surface area (Å²) in [4.78, 5) is 26.5. The minimum Gasteiger partial charge on any atom is -0.496 e. The summed E-state index contributed by atoms with van der Waals surface area (Å²) in [7, 11) is 1.57. The Hall–Kier alpha value is -4.81. The van der Waals surface area contributed by atoms with Crippen molar-refractivity contribution in [2.45, 2.75) is 45.6 Å². The maximum absolute atomic E-state index is 13.6. The molecule has 5 rings (SSSR count). The zero-order chi connectivity index (χ0) is 30.1. The highest BCUT2D eigenvalue weighted by molar-refractivity contribution is 6.31. The van der Waals surface area contributed by atoms with Gasteiger partial charge in [0.1, 0.15) is 29.6 Å². The highest BCUT2D eigenvalue weighted by Crippen LogP contribution is 2.48. The summed E-state index contributed by atoms with van der Waals surface area (Å²) in [5.74, 6) is 0.482. The number of carbonyl (C=O) groups is 1. The van der Waals surface area contributed by atoms with Crippen LogP contribution in [0, 0.1) is 35.3 Å². The number of ketones is 1. The first kappa shape index (κ1) is 28.7. The van der Waals surface area contributed by atoms with E-state index in [0.29, 0.717) is 41.8 Å². The summed E-state index contributed by atoms with van der Waals surface area (Å²) in [6, 6.07) is 17.8. The minimum atomic E-state index is -0.759. The van der Waals surface area contributed by atoms with Crippen molar-refractivity contribution in [2.75, 3.05) is 12.0 Å². The highest BCUT2D eigenvalue weighted by atomic mass is 35.5. The Morgan fingerprint density at radius 1 is 1.14 bits per heavy atom. The molecule has 2 aliphatic rings. The van der Waals surface area contributed by atoms with Crippen LogP contribution >= 0.6 is 11.6 Å². The minimum absolute atomic E-state index is 0.0328. The Kier molecular flexibility index (Phi) is 7.92. The fourth-order valence-corrected chi connectivity index (χ4v) is 5.82. The van der Waals surface area contributed by atoms with Crippen molar-refractivity contribution >= 4 is 28.8 Å². The van der Waals surface area contributed by atoms with E-state index in [0.717, 1.165) is 22.4 Å². The lowest BCUT2D eigenvalue weighted by Gasteiger charge is -2.39. The van der Waals surface area contributed by atoms with Gasteiger partial charge in [-0.3, -0.25) is 19.8 Å². The number of methoxy groups -OCH3 is 1. The van der Waals surface area contributed by atoms with Gasteiger partial charge in [0, 0.05) is 34.3 Å². The maximum Gasteiger partial charge on any atom is 0.294 e. The molecule has 214 valence electrons. The molecule has 10 heteroatoms. The number of nitrogens with zero attached hydrogens (tertiary/aromatic N) is 3. The second kappa shape index (κ2) is 11.6. The van der Waals surface area contributed by atoms with Gasteiger partial charge in [-0.1, -0.05) is 29.8 Å². The van der Waals surface area contributed by atoms with Crippen molar-refractivity contribution in [3.8, 4) is 17.6 Å². The third kappa shape index (κ3) is 5.06. The van der Waals surface area contributed by atoms with E-state index in [4.69, 9.17) is 26.8 Å². The number of nitriles is 1. The third-order valence-corrected chi connectivity index (χ3v) is 8.10. The van der Waals surface area contributed by atoms with Gasteiger partial charge < -0.3 is 15.2 Å². The van der Waals surface area contributed by atoms with Crippen LogP contribution in [-0.4, -0.2) is 17.8 Å². The van der Waals surface area contributed by atoms with Gasteiger partial charge >= 0.3 is 0 Å². The van der Waals surface area contributed by atoms with Gasteiger partial charge in [-0.05, 0) is 73.7 Å². The Morgan fingerprint density at radius 3 is 2.64 bits per heavy atom. The average molecular weight is 585 g/mol. The zero-order valence-corrected chi connectivity index (χ0v) is 24.2. The van der Waals surface area contributed by atoms with Crippen LogP contribution in [0.5, 0.6) is 11.5 Å². The van der Waals surface area contributed by atoms with Gasteiger partial charge in [0.05, 0.1) is 29.6 Å². The Balaban J connectivity index is 1.64. The molecule has 0 saturated carbocycles. The van der Waals surface area contributed by atoms with Crippen LogP contribution in [0.1, 0.15) is 47.4 Å². The molecule has 0 saturated heterocycles. The molecule has 0 spiro atoms. The van der Waals surface area contributed by atoms with Crippen molar-refractivity contribution in [1.82, 2.24) is 0 Å². The number of hydrogen-bond donors (Lipinski definition) is 1. The van der Waals surface area contributed by atoms with Gasteiger partial charge in [0.25, 0.3) is 5.69 Å². The Morgan fingerprint density at radius 2 is 1.93 bits per heavy atom. The van der Waals surface area contributed by atoms with Crippen molar-refractivity contribution < 1.29 is 19.2 Å². The molecule has 3 aromatic carbocycles. The van der Waals surface area contributed by atoms with E-state index < -0.39 is 10.8 Å². The molecule has 1 atom stereocenters. The van der Waals surface area contributed by atoms with E-state index in [1.54, 1.807) is 13.2 Å². The quantitative estimate of drug-likeness (QED) is 0.238. The smallest absolute Gasteiger partial charge is 0.294 e. The topological polar surface area (TPSA) is 132 Å². The van der Waals surface area contributed by atoms with E-state index in [1.807, 2.05) is 44.2 Å². The zero-order valence-electron chi connectivity index (χ0n) is 23.4. The molecule has 42 heavy (non-hydrogen) atoms. The molecule has 0 amide bonds. The summed E-state index contributed by atoms with van der Waals surface area (Å²) in [6.45, 7) is 4.20. The molecule has 2 N–H and O–H groups in total. The van der Waals surface area contributed by atoms with Crippen molar-refractivity contribution in [2.24, 2.45) is 5.73 Å². The number of anilines is 1. The van der Waals surface area contributed by atoms with Crippen LogP contribution < -0.4 is 20.1 Å². The number of allylic oxidation sites excluding steroid dienone is 3. The number of Topliss-reactive ketones (excluding diaryl/α,β-unsaturated/α-hetero) is 1. The summed E-state index contributed by atoms with van der Waals surface area (Å²) < 4.78 is 11.8. The van der Waals surface area contributed by atoms with E-state index in [-0.39, 0.29) is 40.2 Å². The number of ether oxygens (including phenoxy) is 2. The Bertz CT molecular complexity index is 1720. The van der Waals surface area contributed by atoms with E-state index in [9.17, 15) is 20.2 Å². The fraction of sp³-hybridized carbons (Fsp3) is 0.250. The number of nitrogens with two attached hydrogens (primary N) is 1. The summed E-state index contributed by atoms with van der Waals surface area (Å²) >= 11 is 6.07. The molecule has 9 nitrogen and oxygen atoms in total.